The first-order valence-corrected chi connectivity index (χ1v) is 6.82. The van der Waals surface area contributed by atoms with E-state index in [1.807, 2.05) is 13.0 Å². The van der Waals surface area contributed by atoms with Crippen molar-refractivity contribution >= 4 is 17.3 Å². The molecule has 92 valence electrons. The molecule has 3 nitrogen and oxygen atoms in total. The van der Waals surface area contributed by atoms with Gasteiger partial charge in [-0.2, -0.15) is 0 Å². The van der Waals surface area contributed by atoms with Gasteiger partial charge in [0.05, 0.1) is 18.7 Å². The van der Waals surface area contributed by atoms with Crippen LogP contribution in [-0.2, 0) is 22.4 Å². The van der Waals surface area contributed by atoms with Crippen LogP contribution in [0.1, 0.15) is 22.4 Å². The molecule has 2 aromatic rings. The predicted octanol–water partition coefficient (Wildman–Crippen LogP) is 2.82. The van der Waals surface area contributed by atoms with E-state index in [-0.39, 0.29) is 12.4 Å². The van der Waals surface area contributed by atoms with Gasteiger partial charge in [0.1, 0.15) is 5.01 Å². The van der Waals surface area contributed by atoms with Crippen molar-refractivity contribution in [3.8, 4) is 11.3 Å². The van der Waals surface area contributed by atoms with Crippen molar-refractivity contribution in [1.29, 1.82) is 0 Å². The minimum Gasteiger partial charge on any atom is -0.466 e. The predicted molar refractivity (Wildman–Crippen MR) is 70.7 cm³/mol. The minimum absolute atomic E-state index is 0.196. The largest absolute Gasteiger partial charge is 0.466 e. The highest BCUT2D eigenvalue weighted by molar-refractivity contribution is 7.12. The molecule has 18 heavy (non-hydrogen) atoms. The molecule has 1 heterocycles. The van der Waals surface area contributed by atoms with Crippen molar-refractivity contribution in [3.05, 3.63) is 39.7 Å². The lowest BCUT2D eigenvalue weighted by molar-refractivity contribution is -0.142. The van der Waals surface area contributed by atoms with Gasteiger partial charge in [0, 0.05) is 16.9 Å². The fraction of sp³-hybridized carbons (Fsp3) is 0.286. The third-order valence-corrected chi connectivity index (χ3v) is 4.02. The van der Waals surface area contributed by atoms with Crippen LogP contribution in [0.2, 0.25) is 0 Å². The maximum Gasteiger partial charge on any atom is 0.312 e. The zero-order valence-electron chi connectivity index (χ0n) is 10.1. The van der Waals surface area contributed by atoms with Crippen LogP contribution in [0, 0.1) is 0 Å². The molecule has 0 fully saturated rings. The number of carbonyl (C=O) groups is 1. The van der Waals surface area contributed by atoms with Crippen molar-refractivity contribution in [2.45, 2.75) is 19.8 Å². The minimum atomic E-state index is -0.196. The van der Waals surface area contributed by atoms with Crippen LogP contribution in [0.15, 0.2) is 24.3 Å². The molecule has 0 spiro atoms. The van der Waals surface area contributed by atoms with Gasteiger partial charge >= 0.3 is 5.97 Å². The fourth-order valence-corrected chi connectivity index (χ4v) is 3.31. The smallest absolute Gasteiger partial charge is 0.312 e. The summed E-state index contributed by atoms with van der Waals surface area (Å²) in [6, 6.07) is 8.30. The number of fused-ring (bicyclic) bond motifs is 3. The van der Waals surface area contributed by atoms with Crippen molar-refractivity contribution < 1.29 is 9.53 Å². The average molecular weight is 259 g/mol. The van der Waals surface area contributed by atoms with E-state index in [0.717, 1.165) is 17.1 Å². The van der Waals surface area contributed by atoms with E-state index in [1.54, 1.807) is 11.3 Å². The number of hydrogen-bond acceptors (Lipinski definition) is 4. The Hall–Kier alpha value is -1.68. The second-order valence-electron chi connectivity index (χ2n) is 4.20. The summed E-state index contributed by atoms with van der Waals surface area (Å²) in [7, 11) is 0. The van der Waals surface area contributed by atoms with Crippen LogP contribution in [0.25, 0.3) is 11.3 Å². The number of thiazole rings is 1. The molecule has 0 unspecified atom stereocenters. The van der Waals surface area contributed by atoms with Gasteiger partial charge < -0.3 is 4.74 Å². The van der Waals surface area contributed by atoms with Gasteiger partial charge in [-0.25, -0.2) is 4.98 Å². The monoisotopic (exact) mass is 259 g/mol. The number of carbonyl (C=O) groups excluding carboxylic acids is 1. The summed E-state index contributed by atoms with van der Waals surface area (Å²) in [6.07, 6.45) is 1.22. The van der Waals surface area contributed by atoms with Crippen molar-refractivity contribution in [2.75, 3.05) is 6.61 Å². The van der Waals surface area contributed by atoms with E-state index in [0.29, 0.717) is 6.61 Å². The van der Waals surface area contributed by atoms with Crippen LogP contribution in [0.4, 0.5) is 0 Å². The molecule has 0 bridgehead atoms. The number of nitrogens with zero attached hydrogens (tertiary/aromatic N) is 1. The van der Waals surface area contributed by atoms with Gasteiger partial charge in [0.15, 0.2) is 0 Å². The Labute approximate surface area is 109 Å². The third-order valence-electron chi connectivity index (χ3n) is 2.97. The van der Waals surface area contributed by atoms with E-state index in [9.17, 15) is 4.79 Å². The van der Waals surface area contributed by atoms with Gasteiger partial charge in [0.2, 0.25) is 0 Å². The van der Waals surface area contributed by atoms with Crippen molar-refractivity contribution in [2.24, 2.45) is 0 Å². The lowest BCUT2D eigenvalue weighted by atomic mass is 10.1. The number of rotatable bonds is 3. The molecular formula is C14H13NO2S. The van der Waals surface area contributed by atoms with Crippen LogP contribution >= 0.6 is 11.3 Å². The second-order valence-corrected chi connectivity index (χ2v) is 5.36. The summed E-state index contributed by atoms with van der Waals surface area (Å²) in [5.41, 5.74) is 3.59. The topological polar surface area (TPSA) is 39.2 Å². The summed E-state index contributed by atoms with van der Waals surface area (Å²) < 4.78 is 4.94. The highest BCUT2D eigenvalue weighted by Gasteiger charge is 2.23. The Bertz CT molecular complexity index is 604. The van der Waals surface area contributed by atoms with Crippen LogP contribution in [0.5, 0.6) is 0 Å². The molecule has 1 aliphatic rings. The van der Waals surface area contributed by atoms with E-state index >= 15 is 0 Å². The lowest BCUT2D eigenvalue weighted by Crippen LogP contribution is -2.07. The third kappa shape index (κ3) is 1.93. The van der Waals surface area contributed by atoms with Crippen molar-refractivity contribution in [3.63, 3.8) is 0 Å². The van der Waals surface area contributed by atoms with E-state index in [1.165, 1.54) is 16.0 Å². The molecule has 3 rings (SSSR count). The van der Waals surface area contributed by atoms with Gasteiger partial charge in [-0.05, 0) is 12.5 Å². The molecule has 0 saturated heterocycles. The summed E-state index contributed by atoms with van der Waals surface area (Å²) in [4.78, 5) is 17.3. The summed E-state index contributed by atoms with van der Waals surface area (Å²) in [5, 5.41) is 0.855. The van der Waals surface area contributed by atoms with Gasteiger partial charge in [-0.15, -0.1) is 11.3 Å². The molecular weight excluding hydrogens is 246 g/mol. The Morgan fingerprint density at radius 2 is 2.28 bits per heavy atom. The number of hydrogen-bond donors (Lipinski definition) is 0. The first-order chi connectivity index (χ1) is 8.78. The Kier molecular flexibility index (Phi) is 2.88. The normalized spacial score (nSPS) is 12.1. The Morgan fingerprint density at radius 1 is 1.44 bits per heavy atom. The fourth-order valence-electron chi connectivity index (χ4n) is 2.22. The lowest BCUT2D eigenvalue weighted by Gasteiger charge is -1.99. The average Bonchev–Trinajstić information content (AvgIpc) is 2.86. The highest BCUT2D eigenvalue weighted by atomic mass is 32.1. The van der Waals surface area contributed by atoms with Crippen LogP contribution in [0.3, 0.4) is 0 Å². The molecule has 4 heteroatoms. The molecule has 0 saturated carbocycles. The molecule has 0 N–H and O–H groups in total. The SMILES string of the molecule is CCOC(=O)Cc1nc2c(s1)Cc1ccccc1-2. The number of esters is 1. The zero-order chi connectivity index (χ0) is 12.5. The Morgan fingerprint density at radius 3 is 3.11 bits per heavy atom. The zero-order valence-corrected chi connectivity index (χ0v) is 10.9. The summed E-state index contributed by atoms with van der Waals surface area (Å²) in [5.74, 6) is -0.196. The molecule has 1 aromatic heterocycles. The standard InChI is InChI=1S/C14H13NO2S/c1-2-17-13(16)8-12-15-14-10-6-4-3-5-9(10)7-11(14)18-12/h3-6H,2,7-8H2,1H3. The maximum absolute atomic E-state index is 11.4. The molecule has 0 atom stereocenters. The molecule has 0 radical (unpaired) electrons. The second kappa shape index (κ2) is 4.53. The number of benzene rings is 1. The van der Waals surface area contributed by atoms with E-state index in [2.05, 4.69) is 23.2 Å². The maximum atomic E-state index is 11.4. The van der Waals surface area contributed by atoms with E-state index in [4.69, 9.17) is 4.74 Å². The quantitative estimate of drug-likeness (QED) is 0.679. The highest BCUT2D eigenvalue weighted by Crippen LogP contribution is 2.39. The van der Waals surface area contributed by atoms with E-state index < -0.39 is 0 Å². The van der Waals surface area contributed by atoms with Gasteiger partial charge in [-0.3, -0.25) is 4.79 Å². The number of ether oxygens (including phenoxy) is 1. The first-order valence-electron chi connectivity index (χ1n) is 6.00. The van der Waals surface area contributed by atoms with Crippen molar-refractivity contribution in [1.82, 2.24) is 4.98 Å². The van der Waals surface area contributed by atoms with Crippen LogP contribution < -0.4 is 0 Å². The summed E-state index contributed by atoms with van der Waals surface area (Å²) >= 11 is 1.62. The molecule has 1 aromatic carbocycles. The van der Waals surface area contributed by atoms with Gasteiger partial charge in [0.25, 0.3) is 0 Å². The Balaban J connectivity index is 1.86. The van der Waals surface area contributed by atoms with Gasteiger partial charge in [-0.1, -0.05) is 24.3 Å². The summed E-state index contributed by atoms with van der Waals surface area (Å²) in [6.45, 7) is 2.24. The molecule has 0 amide bonds. The molecule has 0 aliphatic heterocycles. The number of aromatic nitrogens is 1. The first kappa shape index (κ1) is 11.4. The van der Waals surface area contributed by atoms with Crippen LogP contribution in [-0.4, -0.2) is 17.6 Å². The molecule has 1 aliphatic carbocycles.